The van der Waals surface area contributed by atoms with Crippen LogP contribution in [-0.4, -0.2) is 35.8 Å². The summed E-state index contributed by atoms with van der Waals surface area (Å²) in [5.41, 5.74) is 0. The van der Waals surface area contributed by atoms with Gasteiger partial charge in [-0.05, 0) is 19.3 Å². The van der Waals surface area contributed by atoms with E-state index in [9.17, 15) is 14.4 Å². The Bertz CT molecular complexity index is 339. The molecule has 1 saturated heterocycles. The van der Waals surface area contributed by atoms with Gasteiger partial charge in [0, 0.05) is 12.0 Å². The second kappa shape index (κ2) is 4.85. The van der Waals surface area contributed by atoms with Crippen LogP contribution in [0.2, 0.25) is 0 Å². The zero-order valence-corrected chi connectivity index (χ0v) is 9.93. The summed E-state index contributed by atoms with van der Waals surface area (Å²) in [5, 5.41) is 0. The molecule has 3 atom stereocenters. The molecule has 2 aliphatic rings. The summed E-state index contributed by atoms with van der Waals surface area (Å²) in [4.78, 5) is 35.5. The first-order valence-corrected chi connectivity index (χ1v) is 6.14. The minimum absolute atomic E-state index is 0.128. The third-order valence-electron chi connectivity index (χ3n) is 3.60. The Kier molecular flexibility index (Phi) is 3.45. The molecule has 0 aromatic carbocycles. The van der Waals surface area contributed by atoms with Gasteiger partial charge in [-0.2, -0.15) is 0 Å². The molecule has 1 saturated carbocycles. The Morgan fingerprint density at radius 3 is 2.88 bits per heavy atom. The first-order chi connectivity index (χ1) is 8.19. The molecule has 2 bridgehead atoms. The lowest BCUT2D eigenvalue weighted by Gasteiger charge is -2.26. The SMILES string of the molecule is CCCCOC(=O)N1C(=O)C2CC1CC2C=O. The number of hydrogen-bond acceptors (Lipinski definition) is 4. The second-order valence-electron chi connectivity index (χ2n) is 4.71. The molecule has 0 radical (unpaired) electrons. The molecule has 0 aromatic rings. The third kappa shape index (κ3) is 2.06. The number of fused-ring (bicyclic) bond motifs is 2. The zero-order chi connectivity index (χ0) is 12.4. The number of unbranched alkanes of at least 4 members (excludes halogenated alkanes) is 1. The van der Waals surface area contributed by atoms with Crippen molar-refractivity contribution in [1.29, 1.82) is 0 Å². The van der Waals surface area contributed by atoms with Gasteiger partial charge in [0.25, 0.3) is 0 Å². The summed E-state index contributed by atoms with van der Waals surface area (Å²) in [6, 6.07) is -0.128. The Hall–Kier alpha value is -1.39. The fraction of sp³-hybridized carbons (Fsp3) is 0.750. The topological polar surface area (TPSA) is 63.7 Å². The van der Waals surface area contributed by atoms with Crippen LogP contribution in [-0.2, 0) is 14.3 Å². The van der Waals surface area contributed by atoms with Crippen LogP contribution in [0.1, 0.15) is 32.6 Å². The van der Waals surface area contributed by atoms with Gasteiger partial charge in [-0.3, -0.25) is 4.79 Å². The molecule has 0 N–H and O–H groups in total. The van der Waals surface area contributed by atoms with Crippen LogP contribution in [0, 0.1) is 11.8 Å². The molecule has 2 fully saturated rings. The highest BCUT2D eigenvalue weighted by Gasteiger charge is 2.53. The lowest BCUT2D eigenvalue weighted by Crippen LogP contribution is -2.44. The second-order valence-corrected chi connectivity index (χ2v) is 4.71. The van der Waals surface area contributed by atoms with Gasteiger partial charge >= 0.3 is 6.09 Å². The minimum atomic E-state index is -0.541. The van der Waals surface area contributed by atoms with E-state index in [1.165, 1.54) is 4.90 Å². The van der Waals surface area contributed by atoms with E-state index < -0.39 is 6.09 Å². The number of carbonyl (C=O) groups excluding carboxylic acids is 3. The first kappa shape index (κ1) is 12.1. The maximum atomic E-state index is 11.9. The van der Waals surface area contributed by atoms with Gasteiger partial charge in [-0.25, -0.2) is 9.69 Å². The molecule has 17 heavy (non-hydrogen) atoms. The van der Waals surface area contributed by atoms with Crippen LogP contribution >= 0.6 is 0 Å². The molecule has 5 nitrogen and oxygen atoms in total. The lowest BCUT2D eigenvalue weighted by molar-refractivity contribution is -0.136. The number of imide groups is 1. The molecule has 3 unspecified atom stereocenters. The van der Waals surface area contributed by atoms with Crippen molar-refractivity contribution in [3.8, 4) is 0 Å². The van der Waals surface area contributed by atoms with Crippen molar-refractivity contribution in [3.05, 3.63) is 0 Å². The van der Waals surface area contributed by atoms with Crippen molar-refractivity contribution in [2.24, 2.45) is 11.8 Å². The van der Waals surface area contributed by atoms with Crippen molar-refractivity contribution >= 4 is 18.3 Å². The maximum absolute atomic E-state index is 11.9. The molecular weight excluding hydrogens is 222 g/mol. The molecule has 1 aliphatic carbocycles. The number of amides is 2. The first-order valence-electron chi connectivity index (χ1n) is 6.14. The highest BCUT2D eigenvalue weighted by Crippen LogP contribution is 2.42. The highest BCUT2D eigenvalue weighted by atomic mass is 16.6. The molecule has 1 heterocycles. The van der Waals surface area contributed by atoms with Crippen LogP contribution in [0.25, 0.3) is 0 Å². The fourth-order valence-corrected chi connectivity index (χ4v) is 2.66. The standard InChI is InChI=1S/C12H17NO4/c1-2-3-4-17-12(16)13-9-5-8(7-14)10(6-9)11(13)15/h7-10H,2-6H2,1H3. The lowest BCUT2D eigenvalue weighted by atomic mass is 9.96. The van der Waals surface area contributed by atoms with E-state index in [-0.39, 0.29) is 23.8 Å². The largest absolute Gasteiger partial charge is 0.449 e. The number of piperidine rings is 1. The molecular formula is C12H17NO4. The molecule has 5 heteroatoms. The summed E-state index contributed by atoms with van der Waals surface area (Å²) in [6.45, 7) is 2.36. The van der Waals surface area contributed by atoms with E-state index in [1.54, 1.807) is 0 Å². The van der Waals surface area contributed by atoms with Gasteiger partial charge in [-0.1, -0.05) is 13.3 Å². The molecule has 94 valence electrons. The summed E-state index contributed by atoms with van der Waals surface area (Å²) < 4.78 is 5.04. The number of rotatable bonds is 4. The Morgan fingerprint density at radius 2 is 2.29 bits per heavy atom. The Labute approximate surface area is 100 Å². The van der Waals surface area contributed by atoms with Crippen LogP contribution in [0.15, 0.2) is 0 Å². The molecule has 2 amide bonds. The predicted octanol–water partition coefficient (Wildman–Crippen LogP) is 1.36. The van der Waals surface area contributed by atoms with E-state index in [1.807, 2.05) is 6.92 Å². The summed E-state index contributed by atoms with van der Waals surface area (Å²) in [5.74, 6) is -0.733. The highest BCUT2D eigenvalue weighted by molar-refractivity contribution is 5.97. The van der Waals surface area contributed by atoms with Gasteiger partial charge in [-0.15, -0.1) is 0 Å². The average Bonchev–Trinajstić information content (AvgIpc) is 2.86. The molecule has 0 aromatic heterocycles. The number of hydrogen-bond donors (Lipinski definition) is 0. The maximum Gasteiger partial charge on any atom is 0.416 e. The molecule has 2 rings (SSSR count). The van der Waals surface area contributed by atoms with Crippen LogP contribution in [0.5, 0.6) is 0 Å². The van der Waals surface area contributed by atoms with E-state index in [2.05, 4.69) is 0 Å². The van der Waals surface area contributed by atoms with Crippen LogP contribution in [0.3, 0.4) is 0 Å². The number of likely N-dealkylation sites (tertiary alicyclic amines) is 1. The van der Waals surface area contributed by atoms with Gasteiger partial charge < -0.3 is 9.53 Å². The van der Waals surface area contributed by atoms with Gasteiger partial charge in [0.15, 0.2) is 0 Å². The van der Waals surface area contributed by atoms with E-state index >= 15 is 0 Å². The number of aldehydes is 1. The van der Waals surface area contributed by atoms with Crippen LogP contribution in [0.4, 0.5) is 4.79 Å². The fourth-order valence-electron chi connectivity index (χ4n) is 2.66. The molecule has 0 spiro atoms. The monoisotopic (exact) mass is 239 g/mol. The summed E-state index contributed by atoms with van der Waals surface area (Å²) >= 11 is 0. The Morgan fingerprint density at radius 1 is 1.53 bits per heavy atom. The van der Waals surface area contributed by atoms with Crippen LogP contribution < -0.4 is 0 Å². The summed E-state index contributed by atoms with van der Waals surface area (Å²) in [7, 11) is 0. The minimum Gasteiger partial charge on any atom is -0.449 e. The average molecular weight is 239 g/mol. The predicted molar refractivity (Wildman–Crippen MR) is 59.2 cm³/mol. The van der Waals surface area contributed by atoms with E-state index in [0.717, 1.165) is 19.1 Å². The van der Waals surface area contributed by atoms with Gasteiger partial charge in [0.05, 0.1) is 12.5 Å². The number of carbonyl (C=O) groups is 3. The zero-order valence-electron chi connectivity index (χ0n) is 9.93. The van der Waals surface area contributed by atoms with Gasteiger partial charge in [0.2, 0.25) is 5.91 Å². The van der Waals surface area contributed by atoms with Crippen molar-refractivity contribution in [1.82, 2.24) is 4.90 Å². The molecule has 1 aliphatic heterocycles. The van der Waals surface area contributed by atoms with E-state index in [4.69, 9.17) is 4.74 Å². The van der Waals surface area contributed by atoms with Crippen molar-refractivity contribution in [2.75, 3.05) is 6.61 Å². The number of ether oxygens (including phenoxy) is 1. The quantitative estimate of drug-likeness (QED) is 0.549. The Balaban J connectivity index is 1.94. The van der Waals surface area contributed by atoms with Crippen molar-refractivity contribution in [2.45, 2.75) is 38.6 Å². The van der Waals surface area contributed by atoms with Crippen molar-refractivity contribution in [3.63, 3.8) is 0 Å². The smallest absolute Gasteiger partial charge is 0.416 e. The normalized spacial score (nSPS) is 30.8. The number of nitrogens with zero attached hydrogens (tertiary/aromatic N) is 1. The van der Waals surface area contributed by atoms with E-state index in [0.29, 0.717) is 19.4 Å². The third-order valence-corrected chi connectivity index (χ3v) is 3.60. The van der Waals surface area contributed by atoms with Crippen molar-refractivity contribution < 1.29 is 19.1 Å². The van der Waals surface area contributed by atoms with Gasteiger partial charge in [0.1, 0.15) is 6.29 Å². The summed E-state index contributed by atoms with van der Waals surface area (Å²) in [6.07, 6.45) is 3.26.